The fourth-order valence-electron chi connectivity index (χ4n) is 4.45. The van der Waals surface area contributed by atoms with Crippen LogP contribution in [0.25, 0.3) is 0 Å². The van der Waals surface area contributed by atoms with Crippen LogP contribution < -0.4 is 5.32 Å². The highest BCUT2D eigenvalue weighted by Gasteiger charge is 2.39. The number of esters is 1. The topological polar surface area (TPSA) is 82.2 Å². The molecule has 0 bridgehead atoms. The first kappa shape index (κ1) is 26.3. The fourth-order valence-corrected chi connectivity index (χ4v) is 4.87. The molecule has 3 amide bonds. The molecular weight excluding hydrogens is 479 g/mol. The number of nitrogens with zero attached hydrogens (tertiary/aromatic N) is 3. The van der Waals surface area contributed by atoms with Gasteiger partial charge in [-0.2, -0.15) is 0 Å². The van der Waals surface area contributed by atoms with Gasteiger partial charge in [0.25, 0.3) is 0 Å². The molecule has 0 saturated carbocycles. The Labute approximate surface area is 210 Å². The molecule has 1 aromatic rings. The van der Waals surface area contributed by atoms with Gasteiger partial charge in [0.15, 0.2) is 0 Å². The van der Waals surface area contributed by atoms with Crippen molar-refractivity contribution in [2.75, 3.05) is 45.9 Å². The van der Waals surface area contributed by atoms with Gasteiger partial charge >= 0.3 is 12.0 Å². The van der Waals surface area contributed by atoms with E-state index in [2.05, 4.69) is 10.2 Å². The molecule has 1 atom stereocenters. The molecule has 3 rings (SSSR count). The maximum absolute atomic E-state index is 13.2. The number of nitrogens with one attached hydrogen (secondary N) is 1. The molecule has 10 heteroatoms. The molecule has 0 spiro atoms. The van der Waals surface area contributed by atoms with E-state index < -0.39 is 12.0 Å². The van der Waals surface area contributed by atoms with Crippen molar-refractivity contribution in [1.29, 1.82) is 0 Å². The lowest BCUT2D eigenvalue weighted by Crippen LogP contribution is -2.51. The van der Waals surface area contributed by atoms with Crippen molar-refractivity contribution < 1.29 is 19.1 Å². The number of amides is 3. The van der Waals surface area contributed by atoms with E-state index in [1.807, 2.05) is 18.7 Å². The van der Waals surface area contributed by atoms with Gasteiger partial charge in [0, 0.05) is 51.4 Å². The molecule has 2 aliphatic rings. The van der Waals surface area contributed by atoms with Gasteiger partial charge in [-0.05, 0) is 31.9 Å². The maximum Gasteiger partial charge on any atom is 0.338 e. The van der Waals surface area contributed by atoms with Crippen molar-refractivity contribution in [3.05, 3.63) is 45.1 Å². The average molecular weight is 511 g/mol. The standard InChI is InChI=1S/C24H32Cl2N4O4/c1-4-19(31)29-12-8-11-28(13-14-29)15-18-20(23(32)34-6-3)22(27-24(33)30(18)5-2)16-9-7-10-17(25)21(16)26/h7,9-10,22H,4-6,8,11-15H2,1-3H3,(H,27,33). The lowest BCUT2D eigenvalue weighted by atomic mass is 9.94. The zero-order chi connectivity index (χ0) is 24.8. The summed E-state index contributed by atoms with van der Waals surface area (Å²) in [6.45, 7) is 9.12. The van der Waals surface area contributed by atoms with Crippen molar-refractivity contribution in [3.8, 4) is 0 Å². The van der Waals surface area contributed by atoms with E-state index >= 15 is 0 Å². The number of halogens is 2. The Kier molecular flexibility index (Phi) is 9.22. The Bertz CT molecular complexity index is 968. The first-order valence-corrected chi connectivity index (χ1v) is 12.5. The van der Waals surface area contributed by atoms with Crippen molar-refractivity contribution >= 4 is 41.1 Å². The predicted molar refractivity (Wildman–Crippen MR) is 132 cm³/mol. The second kappa shape index (κ2) is 11.9. The zero-order valence-electron chi connectivity index (χ0n) is 19.9. The lowest BCUT2D eigenvalue weighted by Gasteiger charge is -2.38. The molecule has 34 heavy (non-hydrogen) atoms. The third-order valence-electron chi connectivity index (χ3n) is 6.16. The van der Waals surface area contributed by atoms with Gasteiger partial charge in [-0.25, -0.2) is 9.59 Å². The van der Waals surface area contributed by atoms with E-state index in [1.54, 1.807) is 30.0 Å². The summed E-state index contributed by atoms with van der Waals surface area (Å²) in [5, 5.41) is 3.53. The second-order valence-corrected chi connectivity index (χ2v) is 9.00. The van der Waals surface area contributed by atoms with Gasteiger partial charge in [0.1, 0.15) is 0 Å². The monoisotopic (exact) mass is 510 g/mol. The van der Waals surface area contributed by atoms with Gasteiger partial charge in [-0.15, -0.1) is 0 Å². The number of hydrogen-bond donors (Lipinski definition) is 1. The third-order valence-corrected chi connectivity index (χ3v) is 6.99. The summed E-state index contributed by atoms with van der Waals surface area (Å²) in [6, 6.07) is 4.03. The molecule has 0 aliphatic carbocycles. The smallest absolute Gasteiger partial charge is 0.338 e. The van der Waals surface area contributed by atoms with E-state index in [0.717, 1.165) is 13.0 Å². The van der Waals surface area contributed by atoms with E-state index in [9.17, 15) is 14.4 Å². The minimum atomic E-state index is -0.791. The number of ether oxygens (including phenoxy) is 1. The van der Waals surface area contributed by atoms with Crippen LogP contribution in [-0.2, 0) is 14.3 Å². The number of carbonyl (C=O) groups is 3. The van der Waals surface area contributed by atoms with Crippen molar-refractivity contribution in [3.63, 3.8) is 0 Å². The highest BCUT2D eigenvalue weighted by Crippen LogP contribution is 2.37. The molecule has 2 heterocycles. The largest absolute Gasteiger partial charge is 0.463 e. The van der Waals surface area contributed by atoms with Crippen LogP contribution in [-0.4, -0.2) is 78.5 Å². The Morgan fingerprint density at radius 2 is 1.88 bits per heavy atom. The SMILES string of the molecule is CCOC(=O)C1=C(CN2CCCN(C(=O)CC)CC2)N(CC)C(=O)NC1c1cccc(Cl)c1Cl. The van der Waals surface area contributed by atoms with E-state index in [-0.39, 0.29) is 23.6 Å². The molecule has 1 aromatic carbocycles. The number of carbonyl (C=O) groups excluding carboxylic acids is 3. The summed E-state index contributed by atoms with van der Waals surface area (Å²) in [4.78, 5) is 44.2. The summed E-state index contributed by atoms with van der Waals surface area (Å²) in [5.74, 6) is -0.370. The average Bonchev–Trinajstić information content (AvgIpc) is 3.06. The number of rotatable bonds is 7. The minimum absolute atomic E-state index is 0.135. The predicted octanol–water partition coefficient (Wildman–Crippen LogP) is 3.84. The summed E-state index contributed by atoms with van der Waals surface area (Å²) in [5.41, 5.74) is 1.47. The van der Waals surface area contributed by atoms with Gasteiger partial charge < -0.3 is 15.0 Å². The Morgan fingerprint density at radius 1 is 1.12 bits per heavy atom. The molecule has 0 aromatic heterocycles. The molecule has 186 valence electrons. The molecule has 0 radical (unpaired) electrons. The molecule has 1 saturated heterocycles. The first-order chi connectivity index (χ1) is 16.3. The van der Waals surface area contributed by atoms with Crippen LogP contribution in [0.2, 0.25) is 10.0 Å². The molecule has 1 unspecified atom stereocenters. The van der Waals surface area contributed by atoms with Gasteiger partial charge in [-0.3, -0.25) is 14.6 Å². The number of likely N-dealkylation sites (N-methyl/N-ethyl adjacent to an activating group) is 1. The van der Waals surface area contributed by atoms with Crippen LogP contribution in [0.3, 0.4) is 0 Å². The maximum atomic E-state index is 13.2. The Hall–Kier alpha value is -2.29. The quantitative estimate of drug-likeness (QED) is 0.563. The second-order valence-electron chi connectivity index (χ2n) is 8.21. The third kappa shape index (κ3) is 5.67. The van der Waals surface area contributed by atoms with Crippen LogP contribution in [0.5, 0.6) is 0 Å². The van der Waals surface area contributed by atoms with Crippen LogP contribution in [0.4, 0.5) is 4.79 Å². The van der Waals surface area contributed by atoms with Crippen LogP contribution >= 0.6 is 23.2 Å². The van der Waals surface area contributed by atoms with Crippen molar-refractivity contribution in [1.82, 2.24) is 20.0 Å². The normalized spacial score (nSPS) is 19.7. The van der Waals surface area contributed by atoms with Crippen LogP contribution in [0.15, 0.2) is 29.5 Å². The molecule has 1 fully saturated rings. The van der Waals surface area contributed by atoms with E-state index in [4.69, 9.17) is 27.9 Å². The van der Waals surface area contributed by atoms with Crippen LogP contribution in [0.1, 0.15) is 45.2 Å². The molecule has 1 N–H and O–H groups in total. The summed E-state index contributed by atoms with van der Waals surface area (Å²) in [6.07, 6.45) is 1.29. The summed E-state index contributed by atoms with van der Waals surface area (Å²) < 4.78 is 5.42. The van der Waals surface area contributed by atoms with Gasteiger partial charge in [0.2, 0.25) is 5.91 Å². The Morgan fingerprint density at radius 3 is 2.56 bits per heavy atom. The van der Waals surface area contributed by atoms with Gasteiger partial charge in [-0.1, -0.05) is 42.3 Å². The molecular formula is C24H32Cl2N4O4. The molecule has 8 nitrogen and oxygen atoms in total. The van der Waals surface area contributed by atoms with E-state index in [1.165, 1.54) is 0 Å². The number of benzene rings is 1. The molecule has 2 aliphatic heterocycles. The number of urea groups is 1. The van der Waals surface area contributed by atoms with E-state index in [0.29, 0.717) is 61.0 Å². The highest BCUT2D eigenvalue weighted by atomic mass is 35.5. The lowest BCUT2D eigenvalue weighted by molar-refractivity contribution is -0.139. The zero-order valence-corrected chi connectivity index (χ0v) is 21.4. The minimum Gasteiger partial charge on any atom is -0.463 e. The first-order valence-electron chi connectivity index (χ1n) is 11.7. The highest BCUT2D eigenvalue weighted by molar-refractivity contribution is 6.42. The van der Waals surface area contributed by atoms with Crippen molar-refractivity contribution in [2.45, 2.75) is 39.7 Å². The number of hydrogen-bond acceptors (Lipinski definition) is 5. The van der Waals surface area contributed by atoms with Gasteiger partial charge in [0.05, 0.1) is 28.3 Å². The Balaban J connectivity index is 2.03. The summed E-state index contributed by atoms with van der Waals surface area (Å²) >= 11 is 12.7. The van der Waals surface area contributed by atoms with Crippen LogP contribution in [0, 0.1) is 0 Å². The summed E-state index contributed by atoms with van der Waals surface area (Å²) in [7, 11) is 0. The fraction of sp³-hybridized carbons (Fsp3) is 0.542. The van der Waals surface area contributed by atoms with Crippen molar-refractivity contribution in [2.24, 2.45) is 0 Å².